The van der Waals surface area contributed by atoms with Crippen molar-refractivity contribution in [2.75, 3.05) is 13.2 Å². The molecule has 7 heteroatoms. The quantitative estimate of drug-likeness (QED) is 0.462. The molecule has 0 saturated heterocycles. The molecule has 0 aliphatic carbocycles. The monoisotopic (exact) mass is 438 g/mol. The number of carbonyl (C=O) groups is 1. The van der Waals surface area contributed by atoms with Gasteiger partial charge in [-0.15, -0.1) is 0 Å². The van der Waals surface area contributed by atoms with E-state index in [9.17, 15) is 4.79 Å². The molecule has 0 aliphatic heterocycles. The average Bonchev–Trinajstić information content (AvgIpc) is 2.63. The molecule has 0 radical (unpaired) electrons. The lowest BCUT2D eigenvalue weighted by molar-refractivity contribution is 0.0955. The fourth-order valence-electron chi connectivity index (χ4n) is 2.07. The Labute approximate surface area is 166 Å². The molecule has 5 nitrogen and oxygen atoms in total. The molecule has 2 aromatic rings. The third kappa shape index (κ3) is 5.75. The third-order valence-corrected chi connectivity index (χ3v) is 4.24. The van der Waals surface area contributed by atoms with Crippen LogP contribution in [0.1, 0.15) is 36.2 Å². The highest BCUT2D eigenvalue weighted by atomic mass is 79.9. The molecule has 1 N–H and O–H groups in total. The van der Waals surface area contributed by atoms with Crippen LogP contribution in [0.5, 0.6) is 11.5 Å². The second-order valence-electron chi connectivity index (χ2n) is 5.31. The molecule has 26 heavy (non-hydrogen) atoms. The molecule has 0 aliphatic rings. The normalized spacial score (nSPS) is 10.8. The maximum atomic E-state index is 12.0. The summed E-state index contributed by atoms with van der Waals surface area (Å²) in [7, 11) is 0. The molecule has 0 saturated carbocycles. The van der Waals surface area contributed by atoms with Gasteiger partial charge in [0.15, 0.2) is 11.5 Å². The van der Waals surface area contributed by atoms with Crippen LogP contribution in [0.3, 0.4) is 0 Å². The maximum absolute atomic E-state index is 12.0. The number of hydrazone groups is 1. The Morgan fingerprint density at radius 3 is 2.54 bits per heavy atom. The van der Waals surface area contributed by atoms with Gasteiger partial charge in [-0.3, -0.25) is 4.79 Å². The molecule has 0 spiro atoms. The van der Waals surface area contributed by atoms with E-state index >= 15 is 0 Å². The van der Waals surface area contributed by atoms with Crippen molar-refractivity contribution in [2.45, 2.75) is 20.3 Å². The molecule has 138 valence electrons. The van der Waals surface area contributed by atoms with E-state index in [0.29, 0.717) is 35.3 Å². The van der Waals surface area contributed by atoms with Crippen molar-refractivity contribution in [3.05, 3.63) is 57.0 Å². The highest BCUT2D eigenvalue weighted by molar-refractivity contribution is 9.10. The smallest absolute Gasteiger partial charge is 0.271 e. The fraction of sp³-hybridized carbons (Fsp3) is 0.263. The summed E-state index contributed by atoms with van der Waals surface area (Å²) in [6.07, 6.45) is 2.45. The number of carbonyl (C=O) groups excluding carboxylic acids is 1. The average molecular weight is 440 g/mol. The summed E-state index contributed by atoms with van der Waals surface area (Å²) in [4.78, 5) is 12.0. The highest BCUT2D eigenvalue weighted by Gasteiger charge is 2.10. The van der Waals surface area contributed by atoms with E-state index in [1.165, 1.54) is 0 Å². The Morgan fingerprint density at radius 1 is 1.19 bits per heavy atom. The Bertz CT molecular complexity index is 779. The summed E-state index contributed by atoms with van der Waals surface area (Å²) in [5.41, 5.74) is 3.72. The Balaban J connectivity index is 2.12. The van der Waals surface area contributed by atoms with Crippen LogP contribution in [-0.4, -0.2) is 25.3 Å². The first kappa shape index (κ1) is 20.3. The van der Waals surface area contributed by atoms with Crippen LogP contribution in [0.25, 0.3) is 0 Å². The van der Waals surface area contributed by atoms with Crippen LogP contribution in [0, 0.1) is 0 Å². The van der Waals surface area contributed by atoms with Gasteiger partial charge >= 0.3 is 0 Å². The van der Waals surface area contributed by atoms with Gasteiger partial charge in [-0.2, -0.15) is 5.10 Å². The second-order valence-corrected chi connectivity index (χ2v) is 6.60. The van der Waals surface area contributed by atoms with Gasteiger partial charge in [-0.05, 0) is 65.7 Å². The number of hydrogen-bond acceptors (Lipinski definition) is 4. The molecular formula is C19H20BrClN2O3. The van der Waals surface area contributed by atoms with Crippen molar-refractivity contribution in [2.24, 2.45) is 5.10 Å². The van der Waals surface area contributed by atoms with Gasteiger partial charge < -0.3 is 9.47 Å². The van der Waals surface area contributed by atoms with Gasteiger partial charge in [0.2, 0.25) is 0 Å². The highest BCUT2D eigenvalue weighted by Crippen LogP contribution is 2.33. The minimum absolute atomic E-state index is 0.318. The number of halogens is 2. The Hall–Kier alpha value is -2.05. The lowest BCUT2D eigenvalue weighted by Gasteiger charge is -2.13. The molecule has 1 amide bonds. The summed E-state index contributed by atoms with van der Waals surface area (Å²) < 4.78 is 12.1. The van der Waals surface area contributed by atoms with Gasteiger partial charge in [0.05, 0.1) is 19.4 Å². The molecule has 0 bridgehead atoms. The Kier molecular flexibility index (Phi) is 7.94. The Morgan fingerprint density at radius 2 is 1.88 bits per heavy atom. The van der Waals surface area contributed by atoms with Crippen molar-refractivity contribution in [1.82, 2.24) is 5.43 Å². The molecular weight excluding hydrogens is 420 g/mol. The summed E-state index contributed by atoms with van der Waals surface area (Å²) in [6, 6.07) is 10.2. The van der Waals surface area contributed by atoms with Crippen molar-refractivity contribution in [3.63, 3.8) is 0 Å². The second kappa shape index (κ2) is 10.2. The molecule has 0 aromatic heterocycles. The van der Waals surface area contributed by atoms with Gasteiger partial charge in [0.25, 0.3) is 5.91 Å². The number of ether oxygens (including phenoxy) is 2. The zero-order valence-corrected chi connectivity index (χ0v) is 16.9. The molecule has 2 aromatic carbocycles. The lowest BCUT2D eigenvalue weighted by atomic mass is 10.2. The molecule has 2 rings (SSSR count). The zero-order valence-electron chi connectivity index (χ0n) is 14.6. The van der Waals surface area contributed by atoms with Crippen LogP contribution in [0.4, 0.5) is 0 Å². The molecule has 0 fully saturated rings. The minimum Gasteiger partial charge on any atom is -0.490 e. The molecule has 0 unspecified atom stereocenters. The van der Waals surface area contributed by atoms with E-state index in [-0.39, 0.29) is 5.91 Å². The van der Waals surface area contributed by atoms with Crippen LogP contribution >= 0.6 is 27.5 Å². The van der Waals surface area contributed by atoms with E-state index in [4.69, 9.17) is 21.1 Å². The number of rotatable bonds is 8. The van der Waals surface area contributed by atoms with E-state index < -0.39 is 0 Å². The first-order valence-electron chi connectivity index (χ1n) is 8.23. The zero-order chi connectivity index (χ0) is 18.9. The maximum Gasteiger partial charge on any atom is 0.271 e. The van der Waals surface area contributed by atoms with Crippen molar-refractivity contribution in [3.8, 4) is 11.5 Å². The van der Waals surface area contributed by atoms with E-state index in [1.807, 2.05) is 26.0 Å². The van der Waals surface area contributed by atoms with Gasteiger partial charge in [0.1, 0.15) is 0 Å². The first-order valence-corrected chi connectivity index (χ1v) is 9.40. The van der Waals surface area contributed by atoms with Crippen molar-refractivity contribution >= 4 is 39.7 Å². The predicted molar refractivity (Wildman–Crippen MR) is 108 cm³/mol. The first-order chi connectivity index (χ1) is 12.5. The summed E-state index contributed by atoms with van der Waals surface area (Å²) in [6.45, 7) is 5.08. The summed E-state index contributed by atoms with van der Waals surface area (Å²) >= 11 is 9.30. The van der Waals surface area contributed by atoms with Gasteiger partial charge in [-0.1, -0.05) is 18.5 Å². The fourth-order valence-corrected chi connectivity index (χ4v) is 2.62. The van der Waals surface area contributed by atoms with Crippen LogP contribution in [0.15, 0.2) is 46.0 Å². The number of benzene rings is 2. The third-order valence-electron chi connectivity index (χ3n) is 3.30. The minimum atomic E-state index is -0.318. The van der Waals surface area contributed by atoms with Gasteiger partial charge in [0, 0.05) is 20.6 Å². The summed E-state index contributed by atoms with van der Waals surface area (Å²) in [5.74, 6) is 0.986. The SMILES string of the molecule is CCCOc1cc(Br)c(C=NNC(=O)c2ccc(Cl)cc2)cc1OCC. The topological polar surface area (TPSA) is 59.9 Å². The van der Waals surface area contributed by atoms with E-state index in [0.717, 1.165) is 16.5 Å². The number of hydrogen-bond donors (Lipinski definition) is 1. The van der Waals surface area contributed by atoms with Crippen LogP contribution < -0.4 is 14.9 Å². The van der Waals surface area contributed by atoms with E-state index in [2.05, 4.69) is 26.5 Å². The molecule has 0 heterocycles. The number of amides is 1. The lowest BCUT2D eigenvalue weighted by Crippen LogP contribution is -2.17. The predicted octanol–water partition coefficient (Wildman–Crippen LogP) is 5.05. The largest absolute Gasteiger partial charge is 0.490 e. The number of nitrogens with zero attached hydrogens (tertiary/aromatic N) is 1. The summed E-state index contributed by atoms with van der Waals surface area (Å²) in [5, 5.41) is 4.58. The van der Waals surface area contributed by atoms with E-state index in [1.54, 1.807) is 30.5 Å². The van der Waals surface area contributed by atoms with Gasteiger partial charge in [-0.25, -0.2) is 5.43 Å². The van der Waals surface area contributed by atoms with Crippen molar-refractivity contribution in [1.29, 1.82) is 0 Å². The van der Waals surface area contributed by atoms with Crippen molar-refractivity contribution < 1.29 is 14.3 Å². The number of nitrogens with one attached hydrogen (secondary N) is 1. The standard InChI is InChI=1S/C19H20BrClN2O3/c1-3-9-26-18-11-16(20)14(10-17(18)25-4-2)12-22-23-19(24)13-5-7-15(21)8-6-13/h5-8,10-12H,3-4,9H2,1-2H3,(H,23,24). The molecule has 0 atom stereocenters. The van der Waals surface area contributed by atoms with Crippen LogP contribution in [0.2, 0.25) is 5.02 Å². The van der Waals surface area contributed by atoms with Crippen LogP contribution in [-0.2, 0) is 0 Å².